The Morgan fingerprint density at radius 2 is 1.39 bits per heavy atom. The molecule has 2 aliphatic carbocycles. The minimum absolute atomic E-state index is 0. The molecule has 0 amide bonds. The molecular formula is C45H50Cl2SiZr. The van der Waals surface area contributed by atoms with Gasteiger partial charge in [0.1, 0.15) is 0 Å². The summed E-state index contributed by atoms with van der Waals surface area (Å²) < 4.78 is 0. The molecule has 0 nitrogen and oxygen atoms in total. The average molecular weight is 781 g/mol. The molecule has 5 aromatic rings. The molecule has 0 spiro atoms. The summed E-state index contributed by atoms with van der Waals surface area (Å²) in [4.78, 5) is 0. The standard InChI is InChI=1S/C43H43.C2H7Si.2ClH.Zr/c1-8-13-29-23-37-34(33-17-11-15-27-14-9-10-16-32(27)33)18-12-19-35(37)41(29)40-26-31(43(5,6)7)25-39-36-24-30(42(2,3)4)21-20-28(36)22-38(39)40;1-3-2;;;/h9-12,14-21,23-25,41H,8,13,22H2,1-7H3;3H,1-2H3;2*1H;/q-1;;;;+3/p-2. The fourth-order valence-electron chi connectivity index (χ4n) is 7.36. The van der Waals surface area contributed by atoms with Gasteiger partial charge in [0.2, 0.25) is 0 Å². The summed E-state index contributed by atoms with van der Waals surface area (Å²) in [7, 11) is 0.750. The Bertz CT molecular complexity index is 1950. The molecule has 1 unspecified atom stereocenters. The molecule has 0 aliphatic heterocycles. The zero-order valence-corrected chi connectivity index (χ0v) is 35.8. The van der Waals surface area contributed by atoms with Crippen LogP contribution >= 0.6 is 0 Å². The molecule has 2 aliphatic rings. The summed E-state index contributed by atoms with van der Waals surface area (Å²) in [5.41, 5.74) is 17.0. The third kappa shape index (κ3) is 7.99. The van der Waals surface area contributed by atoms with Crippen LogP contribution in [0.15, 0.2) is 90.5 Å². The zero-order chi connectivity index (χ0) is 32.8. The number of benzene rings is 5. The second kappa shape index (κ2) is 16.4. The van der Waals surface area contributed by atoms with E-state index >= 15 is 0 Å². The van der Waals surface area contributed by atoms with Crippen LogP contribution in [0.25, 0.3) is 39.1 Å². The van der Waals surface area contributed by atoms with Crippen molar-refractivity contribution in [3.8, 4) is 22.3 Å². The maximum absolute atomic E-state index is 4.08. The van der Waals surface area contributed by atoms with Gasteiger partial charge in [-0.15, -0.1) is 16.7 Å². The smallest absolute Gasteiger partial charge is 1.00 e. The molecule has 0 fully saturated rings. The molecule has 0 heterocycles. The number of hydrogen-bond acceptors (Lipinski definition) is 0. The normalized spacial score (nSPS) is 14.2. The van der Waals surface area contributed by atoms with Crippen LogP contribution in [-0.4, -0.2) is 9.52 Å². The topological polar surface area (TPSA) is 0 Å². The molecular weight excluding hydrogens is 731 g/mol. The molecule has 0 saturated carbocycles. The van der Waals surface area contributed by atoms with Crippen LogP contribution in [0.3, 0.4) is 0 Å². The SMILES string of the molecule is CCCC1=Cc2c(-c3cccc4ccccc34)cccc2C1c1[c-]c(C(C)(C)C)cc2c1Cc1ccc(C(C)(C)C)cc1-2.C[SiH]C.[Cl-].[Cl-].[Zr+3]. The van der Waals surface area contributed by atoms with E-state index in [4.69, 9.17) is 0 Å². The van der Waals surface area contributed by atoms with Crippen molar-refractivity contribution in [1.82, 2.24) is 0 Å². The van der Waals surface area contributed by atoms with Crippen molar-refractivity contribution < 1.29 is 51.0 Å². The number of rotatable bonds is 4. The van der Waals surface area contributed by atoms with Gasteiger partial charge in [-0.25, -0.2) is 0 Å². The molecule has 252 valence electrons. The van der Waals surface area contributed by atoms with E-state index in [0.29, 0.717) is 0 Å². The summed E-state index contributed by atoms with van der Waals surface area (Å²) in [5.74, 6) is 0.234. The fourth-order valence-corrected chi connectivity index (χ4v) is 7.36. The number of fused-ring (bicyclic) bond motifs is 5. The van der Waals surface area contributed by atoms with E-state index in [0.717, 1.165) is 28.8 Å². The van der Waals surface area contributed by atoms with Gasteiger partial charge >= 0.3 is 26.2 Å². The maximum Gasteiger partial charge on any atom is 3.00 e. The van der Waals surface area contributed by atoms with Crippen molar-refractivity contribution >= 4 is 26.4 Å². The van der Waals surface area contributed by atoms with Crippen molar-refractivity contribution in [2.24, 2.45) is 0 Å². The third-order valence-electron chi connectivity index (χ3n) is 9.71. The molecule has 4 heteroatoms. The summed E-state index contributed by atoms with van der Waals surface area (Å²) >= 11 is 0. The number of allylic oxidation sites excluding steroid dienone is 1. The van der Waals surface area contributed by atoms with Gasteiger partial charge in [-0.3, -0.25) is 0 Å². The van der Waals surface area contributed by atoms with E-state index < -0.39 is 0 Å². The van der Waals surface area contributed by atoms with Crippen molar-refractivity contribution in [3.63, 3.8) is 0 Å². The van der Waals surface area contributed by atoms with Gasteiger partial charge in [0, 0.05) is 15.4 Å². The van der Waals surface area contributed by atoms with E-state index in [1.54, 1.807) is 0 Å². The van der Waals surface area contributed by atoms with Crippen molar-refractivity contribution in [1.29, 1.82) is 0 Å². The van der Waals surface area contributed by atoms with Crippen LogP contribution in [-0.2, 0) is 43.5 Å². The van der Waals surface area contributed by atoms with Gasteiger partial charge in [0.15, 0.2) is 0 Å². The van der Waals surface area contributed by atoms with Gasteiger partial charge in [0.05, 0.1) is 0 Å². The Balaban J connectivity index is 0.00000105. The predicted molar refractivity (Wildman–Crippen MR) is 204 cm³/mol. The van der Waals surface area contributed by atoms with Crippen LogP contribution in [0.1, 0.15) is 106 Å². The quantitative estimate of drug-likeness (QED) is 0.145. The summed E-state index contributed by atoms with van der Waals surface area (Å²) in [6.45, 7) is 20.7. The molecule has 0 aromatic heterocycles. The Morgan fingerprint density at radius 1 is 0.735 bits per heavy atom. The molecule has 0 N–H and O–H groups in total. The first-order chi connectivity index (χ1) is 22.0. The minimum Gasteiger partial charge on any atom is -1.00 e. The second-order valence-electron chi connectivity index (χ2n) is 15.4. The maximum atomic E-state index is 4.08. The second-order valence-corrected chi connectivity index (χ2v) is 16.5. The summed E-state index contributed by atoms with van der Waals surface area (Å²) in [6, 6.07) is 36.3. The van der Waals surface area contributed by atoms with Crippen LogP contribution in [0.4, 0.5) is 0 Å². The fraction of sp³-hybridized carbons (Fsp3) is 0.333. The zero-order valence-electron chi connectivity index (χ0n) is 30.7. The third-order valence-corrected chi connectivity index (χ3v) is 9.71. The van der Waals surface area contributed by atoms with Gasteiger partial charge in [-0.05, 0) is 73.4 Å². The molecule has 49 heavy (non-hydrogen) atoms. The van der Waals surface area contributed by atoms with E-state index in [-0.39, 0.29) is 67.8 Å². The monoisotopic (exact) mass is 778 g/mol. The van der Waals surface area contributed by atoms with Gasteiger partial charge in [-0.1, -0.05) is 158 Å². The largest absolute Gasteiger partial charge is 3.00 e. The van der Waals surface area contributed by atoms with E-state index in [9.17, 15) is 0 Å². The molecule has 0 saturated heterocycles. The van der Waals surface area contributed by atoms with E-state index in [1.807, 2.05) is 0 Å². The van der Waals surface area contributed by atoms with Crippen LogP contribution in [0, 0.1) is 6.07 Å². The van der Waals surface area contributed by atoms with Crippen LogP contribution in [0.5, 0.6) is 0 Å². The molecule has 7 rings (SSSR count). The van der Waals surface area contributed by atoms with E-state index in [1.165, 1.54) is 77.5 Å². The molecule has 2 radical (unpaired) electrons. The summed E-state index contributed by atoms with van der Waals surface area (Å²) in [5, 5.41) is 2.61. The van der Waals surface area contributed by atoms with Gasteiger partial charge in [-0.2, -0.15) is 17.7 Å². The van der Waals surface area contributed by atoms with Gasteiger partial charge < -0.3 is 24.8 Å². The minimum atomic E-state index is 0. The average Bonchev–Trinajstić information content (AvgIpc) is 3.58. The first kappa shape index (κ1) is 41.2. The number of hydrogen-bond donors (Lipinski definition) is 0. The molecule has 1 atom stereocenters. The van der Waals surface area contributed by atoms with Crippen molar-refractivity contribution in [2.75, 3.05) is 0 Å². The first-order valence-electron chi connectivity index (χ1n) is 17.2. The Kier molecular flexibility index (Phi) is 13.8. The Hall–Kier alpha value is -2.22. The summed E-state index contributed by atoms with van der Waals surface area (Å²) in [6.07, 6.45) is 5.75. The van der Waals surface area contributed by atoms with Crippen LogP contribution < -0.4 is 24.8 Å². The number of halogens is 2. The predicted octanol–water partition coefficient (Wildman–Crippen LogP) is 6.33. The van der Waals surface area contributed by atoms with Crippen molar-refractivity contribution in [3.05, 3.63) is 136 Å². The van der Waals surface area contributed by atoms with Crippen LogP contribution in [0.2, 0.25) is 13.1 Å². The Labute approximate surface area is 330 Å². The first-order valence-corrected chi connectivity index (χ1v) is 19.6. The van der Waals surface area contributed by atoms with Gasteiger partial charge in [0.25, 0.3) is 0 Å². The molecule has 5 aromatic carbocycles. The Morgan fingerprint density at radius 3 is 2.06 bits per heavy atom. The molecule has 0 bridgehead atoms. The van der Waals surface area contributed by atoms with E-state index in [2.05, 4.69) is 159 Å². The van der Waals surface area contributed by atoms with Crippen molar-refractivity contribution in [2.45, 2.75) is 97.6 Å².